The Kier molecular flexibility index (Phi) is 11.7. The van der Waals surface area contributed by atoms with Crippen molar-refractivity contribution in [1.29, 1.82) is 0 Å². The number of alkyl carbamates (subject to hydrolysis) is 2. The van der Waals surface area contributed by atoms with Crippen molar-refractivity contribution in [3.05, 3.63) is 72.6 Å². The van der Waals surface area contributed by atoms with E-state index >= 15 is 0 Å². The minimum atomic E-state index is -1.11. The van der Waals surface area contributed by atoms with Gasteiger partial charge in [0.1, 0.15) is 17.2 Å². The zero-order valence-corrected chi connectivity index (χ0v) is 33.4. The monoisotopic (exact) mass is 752 g/mol. The molecule has 13 nitrogen and oxygen atoms in total. The minimum absolute atomic E-state index is 0.144. The molecule has 294 valence electrons. The van der Waals surface area contributed by atoms with Crippen molar-refractivity contribution >= 4 is 18.1 Å². The van der Waals surface area contributed by atoms with Gasteiger partial charge >= 0.3 is 12.2 Å². The predicted octanol–water partition coefficient (Wildman–Crippen LogP) is 7.48. The number of aromatic nitrogens is 4. The zero-order valence-electron chi connectivity index (χ0n) is 33.4. The van der Waals surface area contributed by atoms with E-state index < -0.39 is 23.3 Å². The van der Waals surface area contributed by atoms with Crippen LogP contribution >= 0.6 is 0 Å². The van der Waals surface area contributed by atoms with Gasteiger partial charge in [-0.25, -0.2) is 19.6 Å². The van der Waals surface area contributed by atoms with E-state index in [9.17, 15) is 14.4 Å². The quantitative estimate of drug-likeness (QED) is 0.116. The number of aromatic amines is 2. The summed E-state index contributed by atoms with van der Waals surface area (Å²) in [6, 6.07) is 16.8. The molecule has 0 spiro atoms. The summed E-state index contributed by atoms with van der Waals surface area (Å²) < 4.78 is 9.75. The molecule has 2 aliphatic rings. The number of H-pyrrole nitrogens is 2. The first kappa shape index (κ1) is 39.5. The third kappa shape index (κ3) is 8.26. The van der Waals surface area contributed by atoms with Crippen molar-refractivity contribution in [3.63, 3.8) is 0 Å². The molecule has 4 N–H and O–H groups in total. The van der Waals surface area contributed by atoms with Crippen LogP contribution in [-0.2, 0) is 14.3 Å². The highest BCUT2D eigenvalue weighted by molar-refractivity contribution is 5.90. The molecule has 0 saturated carbocycles. The van der Waals surface area contributed by atoms with E-state index in [1.807, 2.05) is 31.1 Å². The van der Waals surface area contributed by atoms with E-state index in [-0.39, 0.29) is 29.8 Å². The number of nitrogens with zero attached hydrogens (tertiary/aromatic N) is 4. The zero-order chi connectivity index (χ0) is 39.5. The average molecular weight is 753 g/mol. The summed E-state index contributed by atoms with van der Waals surface area (Å²) in [5.41, 5.74) is 4.53. The number of amides is 3. The number of likely N-dealkylation sites (tertiary alicyclic amines) is 2. The highest BCUT2D eigenvalue weighted by atomic mass is 16.5. The van der Waals surface area contributed by atoms with E-state index in [0.717, 1.165) is 77.5 Å². The van der Waals surface area contributed by atoms with Crippen LogP contribution in [0.1, 0.15) is 91.0 Å². The van der Waals surface area contributed by atoms with E-state index in [2.05, 4.69) is 94.8 Å². The van der Waals surface area contributed by atoms with Crippen LogP contribution in [0.15, 0.2) is 60.9 Å². The first-order valence-corrected chi connectivity index (χ1v) is 19.3. The fourth-order valence-corrected chi connectivity index (χ4v) is 7.69. The van der Waals surface area contributed by atoms with Crippen LogP contribution in [0, 0.1) is 11.8 Å². The van der Waals surface area contributed by atoms with Crippen molar-refractivity contribution in [1.82, 2.24) is 40.4 Å². The van der Waals surface area contributed by atoms with E-state index in [4.69, 9.17) is 19.4 Å². The third-order valence-corrected chi connectivity index (χ3v) is 11.9. The molecular formula is C42H56N8O5. The molecule has 2 aliphatic heterocycles. The topological polar surface area (TPSA) is 158 Å². The van der Waals surface area contributed by atoms with Gasteiger partial charge in [-0.2, -0.15) is 0 Å². The lowest BCUT2D eigenvalue weighted by Gasteiger charge is -2.39. The van der Waals surface area contributed by atoms with Crippen LogP contribution in [0.3, 0.4) is 0 Å². The molecular weight excluding hydrogens is 697 g/mol. The van der Waals surface area contributed by atoms with E-state index in [1.165, 1.54) is 14.2 Å². The molecule has 6 rings (SSSR count). The first-order valence-electron chi connectivity index (χ1n) is 19.3. The van der Waals surface area contributed by atoms with Crippen molar-refractivity contribution in [3.8, 4) is 33.6 Å². The molecule has 2 aromatic heterocycles. The number of ether oxygens (including phenoxy) is 2. The molecule has 3 amide bonds. The van der Waals surface area contributed by atoms with Crippen molar-refractivity contribution in [2.45, 2.75) is 90.4 Å². The number of hydrogen-bond acceptors (Lipinski definition) is 8. The highest BCUT2D eigenvalue weighted by Gasteiger charge is 2.45. The van der Waals surface area contributed by atoms with Crippen molar-refractivity contribution < 1.29 is 23.9 Å². The Morgan fingerprint density at radius 3 is 1.71 bits per heavy atom. The number of carbonyl (C=O) groups excluding carboxylic acids is 3. The number of nitrogens with one attached hydrogen (secondary N) is 4. The van der Waals surface area contributed by atoms with E-state index in [1.54, 1.807) is 6.92 Å². The Morgan fingerprint density at radius 2 is 1.20 bits per heavy atom. The molecule has 4 atom stereocenters. The Labute approximate surface area is 324 Å². The van der Waals surface area contributed by atoms with Gasteiger partial charge in [0.15, 0.2) is 0 Å². The summed E-state index contributed by atoms with van der Waals surface area (Å²) in [7, 11) is 2.70. The number of carbonyl (C=O) groups is 3. The number of hydrogen-bond donors (Lipinski definition) is 4. The van der Waals surface area contributed by atoms with Crippen molar-refractivity contribution in [2.75, 3.05) is 33.9 Å². The molecule has 1 unspecified atom stereocenters. The van der Waals surface area contributed by atoms with Gasteiger partial charge in [-0.15, -0.1) is 0 Å². The van der Waals surface area contributed by atoms with Crippen LogP contribution in [0.4, 0.5) is 9.59 Å². The second kappa shape index (κ2) is 16.3. The second-order valence-electron chi connectivity index (χ2n) is 16.0. The molecule has 2 aromatic carbocycles. The Bertz CT molecular complexity index is 1950. The lowest BCUT2D eigenvalue weighted by atomic mass is 9.86. The molecule has 13 heteroatoms. The smallest absolute Gasteiger partial charge is 0.407 e. The third-order valence-electron chi connectivity index (χ3n) is 11.9. The summed E-state index contributed by atoms with van der Waals surface area (Å²) in [5.74, 6) is 1.60. The lowest BCUT2D eigenvalue weighted by molar-refractivity contribution is -0.140. The maximum atomic E-state index is 13.9. The normalized spacial score (nSPS) is 19.6. The standard InChI is InChI=1S/C42H56N8O5/c1-26(2)41(5,47-39(52)54-7)25-49-21-9-11-34(49)36-43-23-32(45-36)30-17-13-28(14-18-30)29-15-19-31(20-16-29)33-24-44-37(46-33)35-12-10-22-50(35)38(51)42(6,27(3)4)48-40(53)55-8/h13-20,23-24,26-27,34-35H,9-12,21-22,25H2,1-8H3,(H,43,45)(H,44,46)(H,47,52)(H,48,53)/t34?,35-,41+,42-/m0/s1. The average Bonchev–Trinajstić information content (AvgIpc) is 4.01. The summed E-state index contributed by atoms with van der Waals surface area (Å²) in [5, 5.41) is 5.85. The minimum Gasteiger partial charge on any atom is -0.453 e. The van der Waals surface area contributed by atoms with Gasteiger partial charge in [-0.3, -0.25) is 9.69 Å². The Hall–Kier alpha value is -5.17. The first-order chi connectivity index (χ1) is 26.3. The fraction of sp³-hybridized carbons (Fsp3) is 0.500. The molecule has 4 heterocycles. The number of benzene rings is 2. The Morgan fingerprint density at radius 1 is 0.727 bits per heavy atom. The maximum Gasteiger partial charge on any atom is 0.407 e. The Balaban J connectivity index is 1.11. The van der Waals surface area contributed by atoms with Crippen LogP contribution in [0.2, 0.25) is 0 Å². The van der Waals surface area contributed by atoms with Gasteiger partial charge < -0.3 is 35.0 Å². The van der Waals surface area contributed by atoms with Crippen molar-refractivity contribution in [2.24, 2.45) is 11.8 Å². The van der Waals surface area contributed by atoms with Crippen LogP contribution in [0.5, 0.6) is 0 Å². The lowest BCUT2D eigenvalue weighted by Crippen LogP contribution is -2.60. The highest BCUT2D eigenvalue weighted by Crippen LogP contribution is 2.37. The summed E-state index contributed by atoms with van der Waals surface area (Å²) in [4.78, 5) is 59.0. The van der Waals surface area contributed by atoms with Crippen LogP contribution < -0.4 is 10.6 Å². The van der Waals surface area contributed by atoms with Gasteiger partial charge in [0, 0.05) is 13.1 Å². The largest absolute Gasteiger partial charge is 0.453 e. The molecule has 55 heavy (non-hydrogen) atoms. The number of methoxy groups -OCH3 is 2. The van der Waals surface area contributed by atoms with Gasteiger partial charge in [-0.05, 0) is 80.2 Å². The van der Waals surface area contributed by atoms with Crippen LogP contribution in [0.25, 0.3) is 33.6 Å². The van der Waals surface area contributed by atoms with Gasteiger partial charge in [0.25, 0.3) is 0 Å². The van der Waals surface area contributed by atoms with Gasteiger partial charge in [-0.1, -0.05) is 76.2 Å². The molecule has 2 saturated heterocycles. The molecule has 2 fully saturated rings. The number of rotatable bonds is 12. The second-order valence-corrected chi connectivity index (χ2v) is 16.0. The number of imidazole rings is 2. The molecule has 0 bridgehead atoms. The summed E-state index contributed by atoms with van der Waals surface area (Å²) in [6.45, 7) is 14.1. The van der Waals surface area contributed by atoms with Gasteiger partial charge in [0.2, 0.25) is 5.91 Å². The fourth-order valence-electron chi connectivity index (χ4n) is 7.69. The van der Waals surface area contributed by atoms with E-state index in [0.29, 0.717) is 13.1 Å². The summed E-state index contributed by atoms with van der Waals surface area (Å²) in [6.07, 6.45) is 6.39. The molecule has 0 radical (unpaired) electrons. The summed E-state index contributed by atoms with van der Waals surface area (Å²) >= 11 is 0. The van der Waals surface area contributed by atoms with Crippen LogP contribution in [-0.4, -0.2) is 92.8 Å². The SMILES string of the molecule is COC(=O)N[C@](C)(CN1CCCC1c1ncc(-c2ccc(-c3ccc(-c4cnc([C@@H]5CCCN5C(=O)[C@@](C)(NC(=O)OC)C(C)C)[nH]4)cc3)cc2)[nH]1)C(C)C. The molecule has 0 aliphatic carbocycles. The molecule has 4 aromatic rings. The van der Waals surface area contributed by atoms with Gasteiger partial charge in [0.05, 0.1) is 55.6 Å². The maximum absolute atomic E-state index is 13.9. The predicted molar refractivity (Wildman–Crippen MR) is 212 cm³/mol.